The van der Waals surface area contributed by atoms with Crippen molar-refractivity contribution in [3.63, 3.8) is 0 Å². The lowest BCUT2D eigenvalue weighted by Crippen LogP contribution is -2.27. The van der Waals surface area contributed by atoms with E-state index in [1.165, 1.54) is 12.1 Å². The van der Waals surface area contributed by atoms with E-state index in [9.17, 15) is 18.5 Å². The standard InChI is InChI=1S/C14H21N3O4S/c1-16(2)11-5-4-10(8-11)15-13-7-6-12(17(18)19)9-14(13)22(3,20)21/h6-7,9-11,15H,4-5,8H2,1-3H3/t10-,11-/m1/s1. The zero-order valence-corrected chi connectivity index (χ0v) is 13.8. The van der Waals surface area contributed by atoms with Crippen LogP contribution in [0, 0.1) is 10.1 Å². The third kappa shape index (κ3) is 3.75. The molecule has 0 unspecified atom stereocenters. The number of anilines is 1. The van der Waals surface area contributed by atoms with Crippen molar-refractivity contribution >= 4 is 21.2 Å². The van der Waals surface area contributed by atoms with E-state index in [1.54, 1.807) is 0 Å². The third-order valence-corrected chi connectivity index (χ3v) is 5.21. The van der Waals surface area contributed by atoms with Crippen LogP contribution in [0.5, 0.6) is 0 Å². The van der Waals surface area contributed by atoms with Gasteiger partial charge in [-0.25, -0.2) is 8.42 Å². The Hall–Kier alpha value is -1.67. The van der Waals surface area contributed by atoms with Gasteiger partial charge in [-0.2, -0.15) is 0 Å². The first kappa shape index (κ1) is 16.7. The van der Waals surface area contributed by atoms with E-state index < -0.39 is 14.8 Å². The second kappa shape index (κ2) is 6.21. The number of non-ortho nitro benzene ring substituents is 1. The molecule has 0 heterocycles. The molecule has 0 saturated heterocycles. The van der Waals surface area contributed by atoms with Gasteiger partial charge in [0.05, 0.1) is 15.5 Å². The maximum atomic E-state index is 11.9. The van der Waals surface area contributed by atoms with Crippen molar-refractivity contribution in [2.24, 2.45) is 0 Å². The number of nitro benzene ring substituents is 1. The molecular weight excluding hydrogens is 306 g/mol. The first-order valence-electron chi connectivity index (χ1n) is 7.10. The smallest absolute Gasteiger partial charge is 0.270 e. The van der Waals surface area contributed by atoms with Crippen molar-refractivity contribution in [3.05, 3.63) is 28.3 Å². The molecule has 7 nitrogen and oxygen atoms in total. The minimum Gasteiger partial charge on any atom is -0.381 e. The predicted octanol–water partition coefficient (Wildman–Crippen LogP) is 1.89. The molecule has 8 heteroatoms. The lowest BCUT2D eigenvalue weighted by molar-refractivity contribution is -0.385. The van der Waals surface area contributed by atoms with Crippen LogP contribution in [0.3, 0.4) is 0 Å². The summed E-state index contributed by atoms with van der Waals surface area (Å²) in [5.74, 6) is 0. The lowest BCUT2D eigenvalue weighted by Gasteiger charge is -2.20. The van der Waals surface area contributed by atoms with Gasteiger partial charge in [0.25, 0.3) is 5.69 Å². The molecular formula is C14H21N3O4S. The van der Waals surface area contributed by atoms with Gasteiger partial charge in [0, 0.05) is 30.5 Å². The second-order valence-corrected chi connectivity index (χ2v) is 7.97. The number of rotatable bonds is 5. The average Bonchev–Trinajstić information content (AvgIpc) is 2.86. The highest BCUT2D eigenvalue weighted by Gasteiger charge is 2.27. The molecule has 1 aromatic rings. The fourth-order valence-electron chi connectivity index (χ4n) is 2.83. The third-order valence-electron chi connectivity index (χ3n) is 4.07. The van der Waals surface area contributed by atoms with E-state index in [-0.39, 0.29) is 16.6 Å². The fraction of sp³-hybridized carbons (Fsp3) is 0.571. The zero-order valence-electron chi connectivity index (χ0n) is 12.9. The summed E-state index contributed by atoms with van der Waals surface area (Å²) in [6, 6.07) is 4.58. The maximum absolute atomic E-state index is 11.9. The minimum absolute atomic E-state index is 0.0185. The highest BCUT2D eigenvalue weighted by Crippen LogP contribution is 2.31. The molecule has 2 atom stereocenters. The summed E-state index contributed by atoms with van der Waals surface area (Å²) in [6.07, 6.45) is 3.98. The molecule has 122 valence electrons. The van der Waals surface area contributed by atoms with Crippen LogP contribution in [-0.2, 0) is 9.84 Å². The van der Waals surface area contributed by atoms with E-state index in [2.05, 4.69) is 10.2 Å². The molecule has 0 amide bonds. The number of benzene rings is 1. The molecule has 0 aromatic heterocycles. The molecule has 1 aromatic carbocycles. The SMILES string of the molecule is CN(C)[C@@H]1CC[C@@H](Nc2ccc([N+](=O)[O-])cc2S(C)(=O)=O)C1. The Morgan fingerprint density at radius 2 is 2.00 bits per heavy atom. The van der Waals surface area contributed by atoms with Crippen LogP contribution in [0.1, 0.15) is 19.3 Å². The number of nitro groups is 1. The molecule has 2 rings (SSSR count). The van der Waals surface area contributed by atoms with Crippen molar-refractivity contribution in [2.75, 3.05) is 25.7 Å². The zero-order chi connectivity index (χ0) is 16.5. The van der Waals surface area contributed by atoms with Gasteiger partial charge in [0.2, 0.25) is 0 Å². The van der Waals surface area contributed by atoms with Gasteiger partial charge in [-0.05, 0) is 39.4 Å². The monoisotopic (exact) mass is 327 g/mol. The quantitative estimate of drug-likeness (QED) is 0.656. The minimum atomic E-state index is -3.54. The Bertz CT molecular complexity index is 673. The summed E-state index contributed by atoms with van der Waals surface area (Å²) in [7, 11) is 0.519. The van der Waals surface area contributed by atoms with Crippen LogP contribution in [0.15, 0.2) is 23.1 Å². The molecule has 1 fully saturated rings. The highest BCUT2D eigenvalue weighted by atomic mass is 32.2. The Balaban J connectivity index is 2.26. The Morgan fingerprint density at radius 1 is 1.32 bits per heavy atom. The van der Waals surface area contributed by atoms with Crippen LogP contribution in [-0.4, -0.2) is 50.7 Å². The van der Waals surface area contributed by atoms with Crippen molar-refractivity contribution in [1.29, 1.82) is 0 Å². The van der Waals surface area contributed by atoms with Crippen LogP contribution in [0.2, 0.25) is 0 Å². The van der Waals surface area contributed by atoms with Gasteiger partial charge in [-0.3, -0.25) is 10.1 Å². The van der Waals surface area contributed by atoms with Crippen molar-refractivity contribution in [2.45, 2.75) is 36.2 Å². The van der Waals surface area contributed by atoms with E-state index in [1.807, 2.05) is 14.1 Å². The number of sulfone groups is 1. The average molecular weight is 327 g/mol. The summed E-state index contributed by atoms with van der Waals surface area (Å²) in [5.41, 5.74) is 0.223. The summed E-state index contributed by atoms with van der Waals surface area (Å²) in [5, 5.41) is 14.1. The number of hydrogen-bond acceptors (Lipinski definition) is 6. The van der Waals surface area contributed by atoms with Gasteiger partial charge >= 0.3 is 0 Å². The second-order valence-electron chi connectivity index (χ2n) is 5.98. The van der Waals surface area contributed by atoms with E-state index in [0.29, 0.717) is 11.7 Å². The molecule has 22 heavy (non-hydrogen) atoms. The molecule has 1 N–H and O–H groups in total. The first-order valence-corrected chi connectivity index (χ1v) is 8.99. The molecule has 0 aliphatic heterocycles. The Labute approximate surface area is 130 Å². The Kier molecular flexibility index (Phi) is 4.72. The normalized spacial score (nSPS) is 22.0. The largest absolute Gasteiger partial charge is 0.381 e. The van der Waals surface area contributed by atoms with Crippen molar-refractivity contribution < 1.29 is 13.3 Å². The van der Waals surface area contributed by atoms with Gasteiger partial charge in [0.1, 0.15) is 0 Å². The lowest BCUT2D eigenvalue weighted by atomic mass is 10.2. The predicted molar refractivity (Wildman–Crippen MR) is 84.9 cm³/mol. The van der Waals surface area contributed by atoms with E-state index in [0.717, 1.165) is 31.6 Å². The molecule has 1 saturated carbocycles. The summed E-state index contributed by atoms with van der Waals surface area (Å²) < 4.78 is 23.8. The number of hydrogen-bond donors (Lipinski definition) is 1. The number of nitrogens with zero attached hydrogens (tertiary/aromatic N) is 2. The van der Waals surface area contributed by atoms with Crippen LogP contribution in [0.4, 0.5) is 11.4 Å². The molecule has 0 spiro atoms. The van der Waals surface area contributed by atoms with E-state index >= 15 is 0 Å². The van der Waals surface area contributed by atoms with Gasteiger partial charge < -0.3 is 10.2 Å². The van der Waals surface area contributed by atoms with Gasteiger partial charge in [-0.1, -0.05) is 0 Å². The topological polar surface area (TPSA) is 92.5 Å². The Morgan fingerprint density at radius 3 is 2.50 bits per heavy atom. The van der Waals surface area contributed by atoms with Crippen LogP contribution in [0.25, 0.3) is 0 Å². The molecule has 0 bridgehead atoms. The van der Waals surface area contributed by atoms with Gasteiger partial charge in [-0.15, -0.1) is 0 Å². The van der Waals surface area contributed by atoms with E-state index in [4.69, 9.17) is 0 Å². The first-order chi connectivity index (χ1) is 10.2. The fourth-order valence-corrected chi connectivity index (χ4v) is 3.69. The highest BCUT2D eigenvalue weighted by molar-refractivity contribution is 7.90. The summed E-state index contributed by atoms with van der Waals surface area (Å²) >= 11 is 0. The van der Waals surface area contributed by atoms with Crippen molar-refractivity contribution in [3.8, 4) is 0 Å². The summed E-state index contributed by atoms with van der Waals surface area (Å²) in [4.78, 5) is 12.4. The molecule has 0 radical (unpaired) electrons. The number of nitrogens with one attached hydrogen (secondary N) is 1. The van der Waals surface area contributed by atoms with Crippen molar-refractivity contribution in [1.82, 2.24) is 4.90 Å². The van der Waals surface area contributed by atoms with Crippen LogP contribution >= 0.6 is 0 Å². The van der Waals surface area contributed by atoms with Crippen LogP contribution < -0.4 is 5.32 Å². The molecule has 1 aliphatic rings. The molecule has 1 aliphatic carbocycles. The van der Waals surface area contributed by atoms with Gasteiger partial charge in [0.15, 0.2) is 9.84 Å². The summed E-state index contributed by atoms with van der Waals surface area (Å²) in [6.45, 7) is 0. The maximum Gasteiger partial charge on any atom is 0.270 e.